The van der Waals surface area contributed by atoms with Crippen molar-refractivity contribution in [2.75, 3.05) is 13.7 Å². The van der Waals surface area contributed by atoms with Crippen LogP contribution in [0.5, 0.6) is 5.75 Å². The predicted molar refractivity (Wildman–Crippen MR) is 67.6 cm³/mol. The molecule has 6 heteroatoms. The first-order chi connectivity index (χ1) is 8.51. The van der Waals surface area contributed by atoms with Crippen LogP contribution in [0.15, 0.2) is 35.2 Å². The molecule has 1 rings (SSSR count). The lowest BCUT2D eigenvalue weighted by molar-refractivity contribution is 0.385. The van der Waals surface area contributed by atoms with Crippen molar-refractivity contribution in [2.45, 2.75) is 18.2 Å². The maximum absolute atomic E-state index is 13.4. The Balaban J connectivity index is 2.82. The highest BCUT2D eigenvalue weighted by Gasteiger charge is 2.15. The number of methoxy groups -OCH3 is 1. The van der Waals surface area contributed by atoms with E-state index in [4.69, 9.17) is 4.74 Å². The predicted octanol–water partition coefficient (Wildman–Crippen LogP) is 2.08. The maximum atomic E-state index is 13.4. The zero-order valence-electron chi connectivity index (χ0n) is 10.3. The standard InChI is InChI=1S/C12H16FNO3S/c1-3-4-5-8-14-18(15,16)10-6-7-12(17-2)11(13)9-10/h3-4,6-7,9,14H,5,8H2,1-2H3/b4-3+. The summed E-state index contributed by atoms with van der Waals surface area (Å²) in [5, 5.41) is 0. The number of hydrogen-bond donors (Lipinski definition) is 1. The van der Waals surface area contributed by atoms with E-state index < -0.39 is 15.8 Å². The monoisotopic (exact) mass is 273 g/mol. The molecule has 0 saturated heterocycles. The SMILES string of the molecule is C/C=C/CCNS(=O)(=O)c1ccc(OC)c(F)c1. The Hall–Kier alpha value is -1.40. The van der Waals surface area contributed by atoms with Gasteiger partial charge in [0, 0.05) is 6.54 Å². The topological polar surface area (TPSA) is 55.4 Å². The highest BCUT2D eigenvalue weighted by Crippen LogP contribution is 2.20. The molecule has 18 heavy (non-hydrogen) atoms. The normalized spacial score (nSPS) is 11.9. The van der Waals surface area contributed by atoms with Crippen molar-refractivity contribution in [3.05, 3.63) is 36.2 Å². The summed E-state index contributed by atoms with van der Waals surface area (Å²) >= 11 is 0. The number of halogens is 1. The fraction of sp³-hybridized carbons (Fsp3) is 0.333. The van der Waals surface area contributed by atoms with E-state index in [2.05, 4.69) is 4.72 Å². The zero-order chi connectivity index (χ0) is 13.6. The van der Waals surface area contributed by atoms with Gasteiger partial charge in [0.15, 0.2) is 11.6 Å². The van der Waals surface area contributed by atoms with Gasteiger partial charge in [-0.25, -0.2) is 17.5 Å². The van der Waals surface area contributed by atoms with E-state index in [0.717, 1.165) is 6.07 Å². The Morgan fingerprint density at radius 1 is 1.44 bits per heavy atom. The lowest BCUT2D eigenvalue weighted by Crippen LogP contribution is -2.24. The lowest BCUT2D eigenvalue weighted by atomic mass is 10.3. The molecule has 0 aromatic heterocycles. The van der Waals surface area contributed by atoms with Gasteiger partial charge < -0.3 is 4.74 Å². The van der Waals surface area contributed by atoms with E-state index in [0.29, 0.717) is 6.42 Å². The van der Waals surface area contributed by atoms with Gasteiger partial charge in [0.05, 0.1) is 12.0 Å². The van der Waals surface area contributed by atoms with Gasteiger partial charge in [-0.3, -0.25) is 0 Å². The van der Waals surface area contributed by atoms with Gasteiger partial charge in [-0.15, -0.1) is 0 Å². The maximum Gasteiger partial charge on any atom is 0.240 e. The van der Waals surface area contributed by atoms with Crippen LogP contribution in [-0.4, -0.2) is 22.1 Å². The second-order valence-corrected chi connectivity index (χ2v) is 5.32. The number of ether oxygens (including phenoxy) is 1. The van der Waals surface area contributed by atoms with E-state index in [1.54, 1.807) is 0 Å². The van der Waals surface area contributed by atoms with Crippen molar-refractivity contribution in [2.24, 2.45) is 0 Å². The second-order valence-electron chi connectivity index (χ2n) is 3.55. The molecule has 0 bridgehead atoms. The molecule has 0 aliphatic carbocycles. The van der Waals surface area contributed by atoms with Crippen molar-refractivity contribution in [3.63, 3.8) is 0 Å². The van der Waals surface area contributed by atoms with Crippen LogP contribution >= 0.6 is 0 Å². The number of sulfonamides is 1. The summed E-state index contributed by atoms with van der Waals surface area (Å²) in [7, 11) is -2.35. The minimum Gasteiger partial charge on any atom is -0.494 e. The minimum atomic E-state index is -3.67. The van der Waals surface area contributed by atoms with Crippen LogP contribution < -0.4 is 9.46 Å². The van der Waals surface area contributed by atoms with E-state index in [1.807, 2.05) is 19.1 Å². The smallest absolute Gasteiger partial charge is 0.240 e. The van der Waals surface area contributed by atoms with Crippen LogP contribution in [0.25, 0.3) is 0 Å². The van der Waals surface area contributed by atoms with Crippen molar-refractivity contribution < 1.29 is 17.5 Å². The largest absolute Gasteiger partial charge is 0.494 e. The van der Waals surface area contributed by atoms with E-state index in [9.17, 15) is 12.8 Å². The van der Waals surface area contributed by atoms with Crippen molar-refractivity contribution in [1.29, 1.82) is 0 Å². The van der Waals surface area contributed by atoms with Crippen LogP contribution in [-0.2, 0) is 10.0 Å². The van der Waals surface area contributed by atoms with Gasteiger partial charge in [-0.2, -0.15) is 0 Å². The molecule has 0 aliphatic heterocycles. The summed E-state index contributed by atoms with van der Waals surface area (Å²) in [5.41, 5.74) is 0. The molecule has 0 aliphatic rings. The summed E-state index contributed by atoms with van der Waals surface area (Å²) in [6, 6.07) is 3.53. The van der Waals surface area contributed by atoms with Gasteiger partial charge >= 0.3 is 0 Å². The summed E-state index contributed by atoms with van der Waals surface area (Å²) in [5.74, 6) is -0.684. The van der Waals surface area contributed by atoms with Gasteiger partial charge in [-0.05, 0) is 31.5 Å². The molecule has 1 N–H and O–H groups in total. The molecule has 0 spiro atoms. The van der Waals surface area contributed by atoms with E-state index in [-0.39, 0.29) is 17.2 Å². The second kappa shape index (κ2) is 6.51. The third kappa shape index (κ3) is 3.82. The molecule has 0 fully saturated rings. The van der Waals surface area contributed by atoms with Gasteiger partial charge in [0.25, 0.3) is 0 Å². The molecule has 4 nitrogen and oxygen atoms in total. The summed E-state index contributed by atoms with van der Waals surface area (Å²) < 4.78 is 44.1. The molecule has 0 heterocycles. The van der Waals surface area contributed by atoms with E-state index >= 15 is 0 Å². The zero-order valence-corrected chi connectivity index (χ0v) is 11.1. The van der Waals surface area contributed by atoms with E-state index in [1.165, 1.54) is 19.2 Å². The number of rotatable bonds is 6. The fourth-order valence-corrected chi connectivity index (χ4v) is 2.40. The molecule has 1 aromatic carbocycles. The molecule has 0 unspecified atom stereocenters. The number of allylic oxidation sites excluding steroid dienone is 1. The third-order valence-electron chi connectivity index (χ3n) is 2.27. The van der Waals surface area contributed by atoms with Crippen molar-refractivity contribution in [1.82, 2.24) is 4.72 Å². The van der Waals surface area contributed by atoms with Crippen LogP contribution in [0.2, 0.25) is 0 Å². The first-order valence-corrected chi connectivity index (χ1v) is 6.94. The highest BCUT2D eigenvalue weighted by atomic mass is 32.2. The first-order valence-electron chi connectivity index (χ1n) is 5.45. The first kappa shape index (κ1) is 14.7. The Kier molecular flexibility index (Phi) is 5.30. The number of hydrogen-bond acceptors (Lipinski definition) is 3. The van der Waals surface area contributed by atoms with Crippen LogP contribution in [0.1, 0.15) is 13.3 Å². The molecule has 1 aromatic rings. The Labute approximate surface area is 107 Å². The minimum absolute atomic E-state index is 0.0165. The highest BCUT2D eigenvalue weighted by molar-refractivity contribution is 7.89. The van der Waals surface area contributed by atoms with Crippen LogP contribution in [0.4, 0.5) is 4.39 Å². The average molecular weight is 273 g/mol. The van der Waals surface area contributed by atoms with Gasteiger partial charge in [0.1, 0.15) is 0 Å². The molecular formula is C12H16FNO3S. The Bertz CT molecular complexity index is 526. The molecule has 0 amide bonds. The van der Waals surface area contributed by atoms with Gasteiger partial charge in [0.2, 0.25) is 10.0 Å². The molecular weight excluding hydrogens is 257 g/mol. The van der Waals surface area contributed by atoms with Crippen LogP contribution in [0.3, 0.4) is 0 Å². The summed E-state index contributed by atoms with van der Waals surface area (Å²) in [6.45, 7) is 2.13. The van der Waals surface area contributed by atoms with Crippen LogP contribution in [0, 0.1) is 5.82 Å². The summed E-state index contributed by atoms with van der Waals surface area (Å²) in [6.07, 6.45) is 4.27. The average Bonchev–Trinajstić information content (AvgIpc) is 2.34. The quantitative estimate of drug-likeness (QED) is 0.637. The number of nitrogens with one attached hydrogen (secondary N) is 1. The molecule has 100 valence electrons. The van der Waals surface area contributed by atoms with Crippen molar-refractivity contribution >= 4 is 10.0 Å². The Morgan fingerprint density at radius 2 is 2.17 bits per heavy atom. The molecule has 0 saturated carbocycles. The lowest BCUT2D eigenvalue weighted by Gasteiger charge is -2.07. The number of benzene rings is 1. The van der Waals surface area contributed by atoms with Crippen molar-refractivity contribution in [3.8, 4) is 5.75 Å². The fourth-order valence-electron chi connectivity index (χ4n) is 1.34. The molecule has 0 atom stereocenters. The summed E-state index contributed by atoms with van der Waals surface area (Å²) in [4.78, 5) is -0.110. The Morgan fingerprint density at radius 3 is 2.72 bits per heavy atom. The molecule has 0 radical (unpaired) electrons. The van der Waals surface area contributed by atoms with Gasteiger partial charge in [-0.1, -0.05) is 12.2 Å². The third-order valence-corrected chi connectivity index (χ3v) is 3.73.